The Hall–Kier alpha value is -2.93. The van der Waals surface area contributed by atoms with Gasteiger partial charge in [0.15, 0.2) is 0 Å². The highest BCUT2D eigenvalue weighted by Gasteiger charge is 2.09. The average molecular weight is 330 g/mol. The highest BCUT2D eigenvalue weighted by atomic mass is 35.5. The van der Waals surface area contributed by atoms with Gasteiger partial charge < -0.3 is 15.1 Å². The number of amides is 2. The molecule has 7 nitrogen and oxygen atoms in total. The Kier molecular flexibility index (Phi) is 4.49. The van der Waals surface area contributed by atoms with E-state index in [0.717, 1.165) is 5.56 Å². The van der Waals surface area contributed by atoms with Crippen molar-refractivity contribution in [1.29, 1.82) is 0 Å². The summed E-state index contributed by atoms with van der Waals surface area (Å²) in [6, 6.07) is 9.99. The zero-order valence-electron chi connectivity index (χ0n) is 11.9. The number of nitrogens with zero attached hydrogens (tertiary/aromatic N) is 3. The van der Waals surface area contributed by atoms with Gasteiger partial charge >= 0.3 is 6.03 Å². The summed E-state index contributed by atoms with van der Waals surface area (Å²) in [6.07, 6.45) is 3.28. The Morgan fingerprint density at radius 1 is 1.17 bits per heavy atom. The predicted molar refractivity (Wildman–Crippen MR) is 84.8 cm³/mol. The molecule has 0 saturated carbocycles. The maximum atomic E-state index is 11.8. The van der Waals surface area contributed by atoms with E-state index in [-0.39, 0.29) is 12.6 Å². The molecule has 0 fully saturated rings. The number of carbonyl (C=O) groups excluding carboxylic acids is 1. The second kappa shape index (κ2) is 6.89. The van der Waals surface area contributed by atoms with Crippen LogP contribution < -0.4 is 10.6 Å². The molecule has 0 spiro atoms. The van der Waals surface area contributed by atoms with Gasteiger partial charge in [0.05, 0.1) is 12.1 Å². The summed E-state index contributed by atoms with van der Waals surface area (Å²) in [5.74, 6) is 0.656. The number of hydrogen-bond donors (Lipinski definition) is 2. The van der Waals surface area contributed by atoms with Crippen molar-refractivity contribution in [3.8, 4) is 11.5 Å². The maximum absolute atomic E-state index is 11.8. The summed E-state index contributed by atoms with van der Waals surface area (Å²) in [6.45, 7) is 0.118. The van der Waals surface area contributed by atoms with Gasteiger partial charge in [0, 0.05) is 23.1 Å². The van der Waals surface area contributed by atoms with E-state index in [1.54, 1.807) is 42.7 Å². The number of urea groups is 1. The first kappa shape index (κ1) is 15.0. The summed E-state index contributed by atoms with van der Waals surface area (Å²) < 4.78 is 5.46. The zero-order valence-corrected chi connectivity index (χ0v) is 12.6. The molecule has 0 unspecified atom stereocenters. The molecule has 8 heteroatoms. The van der Waals surface area contributed by atoms with Crippen molar-refractivity contribution >= 4 is 23.3 Å². The van der Waals surface area contributed by atoms with E-state index >= 15 is 0 Å². The number of hydrogen-bond acceptors (Lipinski definition) is 5. The normalized spacial score (nSPS) is 10.3. The smallest absolute Gasteiger partial charge is 0.319 e. The zero-order chi connectivity index (χ0) is 16.1. The van der Waals surface area contributed by atoms with Crippen LogP contribution in [0.5, 0.6) is 0 Å². The number of aromatic nitrogens is 3. The Bertz CT molecular complexity index is 789. The lowest BCUT2D eigenvalue weighted by Crippen LogP contribution is -2.28. The summed E-state index contributed by atoms with van der Waals surface area (Å²) in [5, 5.41) is 13.7. The van der Waals surface area contributed by atoms with Gasteiger partial charge in [0.1, 0.15) is 0 Å². The second-order valence-electron chi connectivity index (χ2n) is 4.56. The second-order valence-corrected chi connectivity index (χ2v) is 4.99. The van der Waals surface area contributed by atoms with Crippen LogP contribution in [-0.2, 0) is 6.54 Å². The van der Waals surface area contributed by atoms with Gasteiger partial charge in [-0.2, -0.15) is 0 Å². The van der Waals surface area contributed by atoms with Crippen LogP contribution in [-0.4, -0.2) is 21.2 Å². The molecule has 0 aliphatic rings. The molecule has 1 aromatic carbocycles. The average Bonchev–Trinajstić information content (AvgIpc) is 3.05. The topological polar surface area (TPSA) is 92.9 Å². The van der Waals surface area contributed by atoms with E-state index in [0.29, 0.717) is 22.5 Å². The van der Waals surface area contributed by atoms with Crippen LogP contribution in [0.2, 0.25) is 5.02 Å². The summed E-state index contributed by atoms with van der Waals surface area (Å²) in [4.78, 5) is 15.8. The first-order chi connectivity index (χ1) is 11.2. The minimum absolute atomic E-state index is 0.118. The van der Waals surface area contributed by atoms with Crippen LogP contribution in [0, 0.1) is 0 Å². The molecule has 3 rings (SSSR count). The number of nitrogens with one attached hydrogen (secondary N) is 2. The van der Waals surface area contributed by atoms with E-state index in [1.165, 1.54) is 0 Å². The summed E-state index contributed by atoms with van der Waals surface area (Å²) in [7, 11) is 0. The highest BCUT2D eigenvalue weighted by molar-refractivity contribution is 6.30. The van der Waals surface area contributed by atoms with E-state index < -0.39 is 0 Å². The Morgan fingerprint density at radius 2 is 2.00 bits per heavy atom. The summed E-state index contributed by atoms with van der Waals surface area (Å²) in [5.41, 5.74) is 1.35. The molecular formula is C15H12ClN5O2. The fourth-order valence-corrected chi connectivity index (χ4v) is 1.92. The van der Waals surface area contributed by atoms with Crippen molar-refractivity contribution in [2.24, 2.45) is 0 Å². The Labute approximate surface area is 136 Å². The molecule has 116 valence electrons. The lowest BCUT2D eigenvalue weighted by molar-refractivity contribution is 0.250. The van der Waals surface area contributed by atoms with Gasteiger partial charge in [0.25, 0.3) is 0 Å². The van der Waals surface area contributed by atoms with Crippen LogP contribution in [0.25, 0.3) is 11.5 Å². The molecular weight excluding hydrogens is 318 g/mol. The Balaban J connectivity index is 1.55. The van der Waals surface area contributed by atoms with Crippen LogP contribution in [0.3, 0.4) is 0 Å². The highest BCUT2D eigenvalue weighted by Crippen LogP contribution is 2.16. The molecule has 3 aromatic rings. The molecule has 0 bridgehead atoms. The number of pyridine rings is 1. The maximum Gasteiger partial charge on any atom is 0.319 e. The van der Waals surface area contributed by atoms with E-state index in [2.05, 4.69) is 25.8 Å². The molecule has 23 heavy (non-hydrogen) atoms. The quantitative estimate of drug-likeness (QED) is 0.767. The van der Waals surface area contributed by atoms with Gasteiger partial charge in [0.2, 0.25) is 11.8 Å². The number of halogens is 1. The van der Waals surface area contributed by atoms with Gasteiger partial charge in [-0.3, -0.25) is 4.98 Å². The third-order valence-electron chi connectivity index (χ3n) is 2.88. The number of carbonyl (C=O) groups is 1. The predicted octanol–water partition coefficient (Wildman–Crippen LogP) is 3.11. The fourth-order valence-electron chi connectivity index (χ4n) is 1.80. The van der Waals surface area contributed by atoms with Gasteiger partial charge in [-0.1, -0.05) is 11.6 Å². The molecule has 0 radical (unpaired) electrons. The van der Waals surface area contributed by atoms with Crippen LogP contribution in [0.1, 0.15) is 5.89 Å². The lowest BCUT2D eigenvalue weighted by atomic mass is 10.3. The van der Waals surface area contributed by atoms with Crippen molar-refractivity contribution < 1.29 is 9.21 Å². The monoisotopic (exact) mass is 329 g/mol. The molecule has 2 heterocycles. The molecule has 0 aliphatic heterocycles. The Morgan fingerprint density at radius 3 is 2.74 bits per heavy atom. The molecule has 0 aliphatic carbocycles. The fraction of sp³-hybridized carbons (Fsp3) is 0.0667. The van der Waals surface area contributed by atoms with Crippen molar-refractivity contribution in [2.45, 2.75) is 6.54 Å². The van der Waals surface area contributed by atoms with Crippen LogP contribution >= 0.6 is 11.6 Å². The molecule has 0 saturated heterocycles. The molecule has 2 amide bonds. The lowest BCUT2D eigenvalue weighted by Gasteiger charge is -2.05. The summed E-state index contributed by atoms with van der Waals surface area (Å²) >= 11 is 5.78. The molecule has 2 aromatic heterocycles. The van der Waals surface area contributed by atoms with Crippen molar-refractivity contribution in [1.82, 2.24) is 20.5 Å². The first-order valence-electron chi connectivity index (χ1n) is 6.74. The van der Waals surface area contributed by atoms with Crippen LogP contribution in [0.15, 0.2) is 53.2 Å². The van der Waals surface area contributed by atoms with E-state index in [1.807, 2.05) is 6.07 Å². The minimum Gasteiger partial charge on any atom is -0.419 e. The van der Waals surface area contributed by atoms with Crippen molar-refractivity contribution in [3.63, 3.8) is 0 Å². The van der Waals surface area contributed by atoms with Crippen molar-refractivity contribution in [2.75, 3.05) is 5.32 Å². The number of benzene rings is 1. The van der Waals surface area contributed by atoms with Crippen molar-refractivity contribution in [3.05, 3.63) is 59.7 Å². The van der Waals surface area contributed by atoms with Gasteiger partial charge in [-0.05, 0) is 36.4 Å². The first-order valence-corrected chi connectivity index (χ1v) is 7.12. The molecule has 0 atom stereocenters. The third-order valence-corrected chi connectivity index (χ3v) is 3.13. The third kappa shape index (κ3) is 4.04. The van der Waals surface area contributed by atoms with Gasteiger partial charge in [-0.25, -0.2) is 4.79 Å². The number of anilines is 1. The largest absolute Gasteiger partial charge is 0.419 e. The van der Waals surface area contributed by atoms with Crippen LogP contribution in [0.4, 0.5) is 10.5 Å². The van der Waals surface area contributed by atoms with Gasteiger partial charge in [-0.15, -0.1) is 10.2 Å². The SMILES string of the molecule is O=C(NCc1nnc(-c2cccnc2)o1)Nc1ccc(Cl)cc1. The van der Waals surface area contributed by atoms with E-state index in [4.69, 9.17) is 16.0 Å². The number of rotatable bonds is 4. The minimum atomic E-state index is -0.381. The van der Waals surface area contributed by atoms with E-state index in [9.17, 15) is 4.79 Å². The molecule has 2 N–H and O–H groups in total. The standard InChI is InChI=1S/C15H12ClN5O2/c16-11-3-5-12(6-4-11)19-15(22)18-9-13-20-21-14(23-13)10-2-1-7-17-8-10/h1-8H,9H2,(H2,18,19,22).